The Labute approximate surface area is 132 Å². The number of carbonyl (C=O) groups excluding carboxylic acids is 1. The van der Waals surface area contributed by atoms with E-state index in [4.69, 9.17) is 4.74 Å². The molecule has 1 amide bonds. The number of carbonyl (C=O) groups is 1. The first kappa shape index (κ1) is 16.9. The van der Waals surface area contributed by atoms with Gasteiger partial charge in [0.2, 0.25) is 0 Å². The first-order valence-electron chi connectivity index (χ1n) is 6.98. The zero-order chi connectivity index (χ0) is 16.7. The predicted molar refractivity (Wildman–Crippen MR) is 80.1 cm³/mol. The summed E-state index contributed by atoms with van der Waals surface area (Å²) in [5.41, 5.74) is 0.321. The number of aromatic nitrogens is 1. The molecule has 2 rings (SSSR count). The number of hydrogen-bond acceptors (Lipinski definition) is 5. The number of aliphatic hydroxyl groups is 2. The van der Waals surface area contributed by atoms with Crippen molar-refractivity contribution < 1.29 is 24.1 Å². The molecule has 7 heteroatoms. The molecule has 0 aliphatic heterocycles. The normalized spacial score (nSPS) is 13.2. The predicted octanol–water partition coefficient (Wildman–Crippen LogP) is 0.810. The second-order valence-electron chi connectivity index (χ2n) is 4.78. The van der Waals surface area contributed by atoms with E-state index in [1.165, 1.54) is 24.4 Å². The van der Waals surface area contributed by atoms with E-state index in [1.54, 1.807) is 24.3 Å². The van der Waals surface area contributed by atoms with Crippen LogP contribution >= 0.6 is 0 Å². The minimum Gasteiger partial charge on any atom is -0.481 e. The Bertz CT molecular complexity index is 639. The minimum absolute atomic E-state index is 0.0477. The summed E-state index contributed by atoms with van der Waals surface area (Å²) in [6.45, 7) is -0.921. The summed E-state index contributed by atoms with van der Waals surface area (Å²) in [7, 11) is 0. The van der Waals surface area contributed by atoms with Crippen LogP contribution in [-0.2, 0) is 4.79 Å². The van der Waals surface area contributed by atoms with Crippen LogP contribution in [0.2, 0.25) is 0 Å². The molecule has 0 radical (unpaired) electrons. The van der Waals surface area contributed by atoms with E-state index >= 15 is 0 Å². The SMILES string of the molecule is O=C(COc1ccccc1F)N[C@H](CO)[C@H](O)c1ccccn1. The van der Waals surface area contributed by atoms with Crippen molar-refractivity contribution in [1.82, 2.24) is 10.3 Å². The standard InChI is InChI=1S/C16H17FN2O4/c17-11-5-1-2-7-14(11)23-10-15(21)19-13(9-20)16(22)12-6-3-4-8-18-12/h1-8,13,16,20,22H,9-10H2,(H,19,21)/t13-,16-/m1/s1. The maximum absolute atomic E-state index is 13.4. The topological polar surface area (TPSA) is 91.7 Å². The molecule has 122 valence electrons. The van der Waals surface area contributed by atoms with E-state index in [0.717, 1.165) is 0 Å². The quantitative estimate of drug-likeness (QED) is 0.702. The summed E-state index contributed by atoms with van der Waals surface area (Å²) in [6, 6.07) is 9.71. The first-order chi connectivity index (χ1) is 11.1. The molecule has 1 aromatic heterocycles. The lowest BCUT2D eigenvalue weighted by molar-refractivity contribution is -0.125. The molecule has 0 saturated heterocycles. The Morgan fingerprint density at radius 3 is 2.65 bits per heavy atom. The molecule has 2 atom stereocenters. The van der Waals surface area contributed by atoms with E-state index in [0.29, 0.717) is 5.69 Å². The molecule has 0 unspecified atom stereocenters. The fourth-order valence-electron chi connectivity index (χ4n) is 1.94. The number of hydrogen-bond donors (Lipinski definition) is 3. The highest BCUT2D eigenvalue weighted by Crippen LogP contribution is 2.16. The average Bonchev–Trinajstić information content (AvgIpc) is 2.59. The number of nitrogens with zero attached hydrogens (tertiary/aromatic N) is 1. The number of benzene rings is 1. The molecule has 0 fully saturated rings. The van der Waals surface area contributed by atoms with Crippen molar-refractivity contribution in [3.8, 4) is 5.75 Å². The van der Waals surface area contributed by atoms with E-state index < -0.39 is 37.1 Å². The van der Waals surface area contributed by atoms with Crippen molar-refractivity contribution in [2.24, 2.45) is 0 Å². The number of nitrogens with one attached hydrogen (secondary N) is 1. The Balaban J connectivity index is 1.91. The molecule has 0 bridgehead atoms. The van der Waals surface area contributed by atoms with Gasteiger partial charge in [-0.25, -0.2) is 4.39 Å². The summed E-state index contributed by atoms with van der Waals surface area (Å²) in [4.78, 5) is 15.8. The van der Waals surface area contributed by atoms with Gasteiger partial charge in [0.05, 0.1) is 18.3 Å². The second kappa shape index (κ2) is 8.21. The van der Waals surface area contributed by atoms with Gasteiger partial charge in [0, 0.05) is 6.20 Å². The highest BCUT2D eigenvalue weighted by molar-refractivity contribution is 5.78. The van der Waals surface area contributed by atoms with Gasteiger partial charge in [-0.3, -0.25) is 9.78 Å². The lowest BCUT2D eigenvalue weighted by Gasteiger charge is -2.21. The fraction of sp³-hybridized carbons (Fsp3) is 0.250. The number of ether oxygens (including phenoxy) is 1. The van der Waals surface area contributed by atoms with Crippen molar-refractivity contribution in [3.05, 3.63) is 60.2 Å². The number of aliphatic hydroxyl groups excluding tert-OH is 2. The van der Waals surface area contributed by atoms with Crippen molar-refractivity contribution in [3.63, 3.8) is 0 Å². The van der Waals surface area contributed by atoms with Crippen LogP contribution in [0, 0.1) is 5.82 Å². The van der Waals surface area contributed by atoms with Gasteiger partial charge in [0.1, 0.15) is 6.10 Å². The van der Waals surface area contributed by atoms with E-state index in [2.05, 4.69) is 10.3 Å². The zero-order valence-corrected chi connectivity index (χ0v) is 12.2. The summed E-state index contributed by atoms with van der Waals surface area (Å²) in [5.74, 6) is -1.22. The Morgan fingerprint density at radius 2 is 2.00 bits per heavy atom. The van der Waals surface area contributed by atoms with Crippen molar-refractivity contribution >= 4 is 5.91 Å². The third-order valence-corrected chi connectivity index (χ3v) is 3.11. The number of rotatable bonds is 7. The lowest BCUT2D eigenvalue weighted by Crippen LogP contribution is -2.44. The highest BCUT2D eigenvalue weighted by Gasteiger charge is 2.23. The van der Waals surface area contributed by atoms with E-state index in [-0.39, 0.29) is 5.75 Å². The molecule has 6 nitrogen and oxygen atoms in total. The number of halogens is 1. The number of amides is 1. The minimum atomic E-state index is -1.17. The van der Waals surface area contributed by atoms with Crippen LogP contribution in [0.1, 0.15) is 11.8 Å². The van der Waals surface area contributed by atoms with Gasteiger partial charge >= 0.3 is 0 Å². The first-order valence-corrected chi connectivity index (χ1v) is 6.98. The van der Waals surface area contributed by atoms with Gasteiger partial charge in [-0.2, -0.15) is 0 Å². The van der Waals surface area contributed by atoms with Gasteiger partial charge in [-0.15, -0.1) is 0 Å². The monoisotopic (exact) mass is 320 g/mol. The van der Waals surface area contributed by atoms with E-state index in [1.807, 2.05) is 0 Å². The largest absolute Gasteiger partial charge is 0.481 e. The summed E-state index contributed by atoms with van der Waals surface area (Å²) in [5, 5.41) is 21.9. The smallest absolute Gasteiger partial charge is 0.258 e. The summed E-state index contributed by atoms with van der Waals surface area (Å²) < 4.78 is 18.4. The molecular weight excluding hydrogens is 303 g/mol. The number of para-hydroxylation sites is 1. The molecule has 0 saturated carbocycles. The molecule has 2 aromatic rings. The van der Waals surface area contributed by atoms with Gasteiger partial charge in [0.25, 0.3) is 5.91 Å². The Morgan fingerprint density at radius 1 is 1.26 bits per heavy atom. The molecule has 1 aromatic carbocycles. The molecule has 0 aliphatic carbocycles. The van der Waals surface area contributed by atoms with E-state index in [9.17, 15) is 19.4 Å². The third kappa shape index (κ3) is 4.73. The van der Waals surface area contributed by atoms with Crippen molar-refractivity contribution in [2.75, 3.05) is 13.2 Å². The Kier molecular flexibility index (Phi) is 6.02. The van der Waals surface area contributed by atoms with Gasteiger partial charge in [0.15, 0.2) is 18.2 Å². The molecule has 0 aliphatic rings. The van der Waals surface area contributed by atoms with Crippen LogP contribution in [0.5, 0.6) is 5.75 Å². The van der Waals surface area contributed by atoms with Crippen LogP contribution in [0.25, 0.3) is 0 Å². The van der Waals surface area contributed by atoms with Crippen LogP contribution < -0.4 is 10.1 Å². The second-order valence-corrected chi connectivity index (χ2v) is 4.78. The van der Waals surface area contributed by atoms with Crippen molar-refractivity contribution in [1.29, 1.82) is 0 Å². The molecule has 23 heavy (non-hydrogen) atoms. The fourth-order valence-corrected chi connectivity index (χ4v) is 1.94. The highest BCUT2D eigenvalue weighted by atomic mass is 19.1. The van der Waals surface area contributed by atoms with Gasteiger partial charge in [-0.05, 0) is 24.3 Å². The maximum Gasteiger partial charge on any atom is 0.258 e. The molecule has 3 N–H and O–H groups in total. The zero-order valence-electron chi connectivity index (χ0n) is 12.2. The molecule has 0 spiro atoms. The third-order valence-electron chi connectivity index (χ3n) is 3.11. The van der Waals surface area contributed by atoms with Crippen molar-refractivity contribution in [2.45, 2.75) is 12.1 Å². The lowest BCUT2D eigenvalue weighted by atomic mass is 10.1. The van der Waals surface area contributed by atoms with Crippen LogP contribution in [-0.4, -0.2) is 40.4 Å². The Hall–Kier alpha value is -2.51. The summed E-state index contributed by atoms with van der Waals surface area (Å²) in [6.07, 6.45) is 0.328. The van der Waals surface area contributed by atoms with Crippen LogP contribution in [0.15, 0.2) is 48.7 Å². The maximum atomic E-state index is 13.4. The van der Waals surface area contributed by atoms with Crippen LogP contribution in [0.3, 0.4) is 0 Å². The van der Waals surface area contributed by atoms with Crippen LogP contribution in [0.4, 0.5) is 4.39 Å². The van der Waals surface area contributed by atoms with Gasteiger partial charge in [-0.1, -0.05) is 18.2 Å². The molecule has 1 heterocycles. The van der Waals surface area contributed by atoms with Gasteiger partial charge < -0.3 is 20.3 Å². The number of pyridine rings is 1. The molecular formula is C16H17FN2O4. The summed E-state index contributed by atoms with van der Waals surface area (Å²) >= 11 is 0. The average molecular weight is 320 g/mol.